The fourth-order valence-electron chi connectivity index (χ4n) is 7.66. The number of Topliss-reactive ketones (excluding diaryl/α,β-unsaturated/α-hetero) is 2. The van der Waals surface area contributed by atoms with Gasteiger partial charge in [-0.05, 0) is 80.3 Å². The molecule has 8 rings (SSSR count). The third kappa shape index (κ3) is 9.99. The Balaban J connectivity index is 0.000000153. The average Bonchev–Trinajstić information content (AvgIpc) is 3.12. The number of hydrogen-bond donors (Lipinski definition) is 0. The zero-order valence-corrected chi connectivity index (χ0v) is 33.8. The average molecular weight is 826 g/mol. The van der Waals surface area contributed by atoms with E-state index in [0.717, 1.165) is 54.7 Å². The molecular weight excluding hydrogens is 778 g/mol. The van der Waals surface area contributed by atoms with Crippen molar-refractivity contribution in [3.8, 4) is 11.5 Å². The third-order valence-corrected chi connectivity index (χ3v) is 10.6. The number of fused-ring (bicyclic) bond motifs is 2. The fourth-order valence-corrected chi connectivity index (χ4v) is 8.02. The third-order valence-electron chi connectivity index (χ3n) is 10.1. The van der Waals surface area contributed by atoms with Crippen LogP contribution in [0, 0.1) is 6.42 Å². The Hall–Kier alpha value is -1.12. The van der Waals surface area contributed by atoms with Crippen LogP contribution in [0.15, 0.2) is 40.9 Å². The van der Waals surface area contributed by atoms with Gasteiger partial charge in [-0.25, -0.2) is 0 Å². The molecule has 2 spiro atoms. The monoisotopic (exact) mass is 822 g/mol. The summed E-state index contributed by atoms with van der Waals surface area (Å²) >= 11 is 7.62. The van der Waals surface area contributed by atoms with E-state index in [4.69, 9.17) is 18.9 Å². The Morgan fingerprint density at radius 1 is 0.681 bits per heavy atom. The Morgan fingerprint density at radius 2 is 1.21 bits per heavy atom. The first-order valence-corrected chi connectivity index (χ1v) is 25.3. The number of hydrogen-bond acceptors (Lipinski definition) is 6. The van der Waals surface area contributed by atoms with Gasteiger partial charge in [0.15, 0.2) is 11.6 Å². The van der Waals surface area contributed by atoms with E-state index in [9.17, 15) is 9.59 Å². The van der Waals surface area contributed by atoms with E-state index >= 15 is 0 Å². The minimum absolute atomic E-state index is 0.151. The van der Waals surface area contributed by atoms with Crippen molar-refractivity contribution < 1.29 is 44.9 Å². The van der Waals surface area contributed by atoms with Gasteiger partial charge in [-0.1, -0.05) is 60.5 Å². The molecule has 4 aliphatic heterocycles. The summed E-state index contributed by atoms with van der Waals surface area (Å²) in [6.45, 7) is 2.62. The number of ketones is 2. The Labute approximate surface area is 306 Å². The van der Waals surface area contributed by atoms with E-state index in [0.29, 0.717) is 43.3 Å². The van der Waals surface area contributed by atoms with E-state index in [-0.39, 0.29) is 11.6 Å². The fraction of sp³-hybridized carbons (Fsp3) is 0.605. The number of carbonyl (C=O) groups excluding carboxylic acids is 2. The van der Waals surface area contributed by atoms with Crippen LogP contribution in [0.3, 0.4) is 0 Å². The van der Waals surface area contributed by atoms with Gasteiger partial charge in [-0.3, -0.25) is 9.59 Å². The second kappa shape index (κ2) is 18.2. The van der Waals surface area contributed by atoms with Crippen LogP contribution >= 0.6 is 29.6 Å². The van der Waals surface area contributed by atoms with Gasteiger partial charge >= 0.3 is 30.0 Å². The first-order chi connectivity index (χ1) is 22.9. The molecule has 2 aromatic rings. The van der Waals surface area contributed by atoms with Crippen molar-refractivity contribution in [2.24, 2.45) is 0 Å². The van der Waals surface area contributed by atoms with Crippen molar-refractivity contribution in [1.29, 1.82) is 0 Å². The zero-order valence-electron chi connectivity index (χ0n) is 27.7. The Kier molecular flexibility index (Phi) is 14.4. The maximum atomic E-state index is 12.7. The summed E-state index contributed by atoms with van der Waals surface area (Å²) in [6.07, 6.45) is 20.6. The van der Waals surface area contributed by atoms with E-state index in [2.05, 4.69) is 48.1 Å². The van der Waals surface area contributed by atoms with Gasteiger partial charge in [-0.2, -0.15) is 12.8 Å². The number of rotatable bonds is 1. The number of halogens is 2. The van der Waals surface area contributed by atoms with Gasteiger partial charge in [0.2, 0.25) is 0 Å². The van der Waals surface area contributed by atoms with Gasteiger partial charge in [0, 0.05) is 17.7 Å². The molecule has 6 nitrogen and oxygen atoms in total. The van der Waals surface area contributed by atoms with Crippen LogP contribution in [0.4, 0.5) is 0 Å². The van der Waals surface area contributed by atoms with Crippen LogP contribution in [0.25, 0.3) is 0 Å². The molecule has 252 valence electrons. The van der Waals surface area contributed by atoms with Crippen LogP contribution in [-0.2, 0) is 25.8 Å². The molecule has 2 atom stereocenters. The molecule has 0 N–H and O–H groups in total. The topological polar surface area (TPSA) is 71.1 Å². The van der Waals surface area contributed by atoms with E-state index in [1.165, 1.54) is 86.1 Å². The van der Waals surface area contributed by atoms with Gasteiger partial charge in [0.1, 0.15) is 22.7 Å². The molecule has 2 aromatic carbocycles. The summed E-state index contributed by atoms with van der Waals surface area (Å²) in [5.41, 5.74) is 1.96. The maximum absolute atomic E-state index is 12.7. The number of ether oxygens (including phenoxy) is 4. The molecular formula is C38H48Br2O6Zn. The summed E-state index contributed by atoms with van der Waals surface area (Å²) in [5.74, 6) is 2.46. The van der Waals surface area contributed by atoms with Gasteiger partial charge in [0.25, 0.3) is 0 Å². The van der Waals surface area contributed by atoms with Crippen LogP contribution in [0.2, 0.25) is 0 Å². The van der Waals surface area contributed by atoms with Crippen molar-refractivity contribution in [2.45, 2.75) is 120 Å². The molecule has 0 radical (unpaired) electrons. The molecule has 9 heteroatoms. The molecule has 0 amide bonds. The van der Waals surface area contributed by atoms with Crippen molar-refractivity contribution in [2.75, 3.05) is 26.4 Å². The number of carbonyl (C=O) groups is 2. The van der Waals surface area contributed by atoms with Crippen LogP contribution < -0.4 is 9.47 Å². The van der Waals surface area contributed by atoms with Crippen LogP contribution in [0.5, 0.6) is 11.5 Å². The van der Waals surface area contributed by atoms with E-state index in [1.807, 2.05) is 24.3 Å². The second-order valence-corrected chi connectivity index (χ2v) is 14.7. The van der Waals surface area contributed by atoms with Crippen molar-refractivity contribution in [1.82, 2.24) is 0 Å². The SMILES string of the molecule is O=C1CC2(CCCOC2)Oc2ccc(Br)cc21.O=C1CC2(CCCOC2)Oc2ccc(C3CCCCC3)cc21.[CH-]1CCCCC1.[Zn+][Br]. The molecule has 0 bridgehead atoms. The summed E-state index contributed by atoms with van der Waals surface area (Å²) in [4.78, 5) is 24.8. The molecule has 2 saturated carbocycles. The molecule has 4 fully saturated rings. The molecule has 2 saturated heterocycles. The molecule has 6 aliphatic rings. The summed E-state index contributed by atoms with van der Waals surface area (Å²) in [6, 6.07) is 11.9. The first-order valence-electron chi connectivity index (χ1n) is 17.6. The van der Waals surface area contributed by atoms with Crippen molar-refractivity contribution in [3.05, 3.63) is 64.0 Å². The van der Waals surface area contributed by atoms with Crippen molar-refractivity contribution >= 4 is 41.1 Å². The molecule has 47 heavy (non-hydrogen) atoms. The first kappa shape index (κ1) is 37.1. The summed E-state index contributed by atoms with van der Waals surface area (Å²) in [5, 5.41) is 0. The quantitative estimate of drug-likeness (QED) is 0.211. The number of benzene rings is 2. The zero-order chi connectivity index (χ0) is 33.1. The predicted octanol–water partition coefficient (Wildman–Crippen LogP) is 10.2. The van der Waals surface area contributed by atoms with Gasteiger partial charge in [-0.15, -0.1) is 0 Å². The standard InChI is InChI=1S/C19H24O3.C13H13BrO3.C6H11.BrH.Zn/c20-17-12-19(9-4-10-21-13-19)22-18-8-7-15(11-16(17)18)14-5-2-1-3-6-14;14-9-2-3-12-10(6-9)11(15)7-13(17-12)4-1-5-16-8-13;1-2-4-6-5-3-1;;/h7-8,11,14H,1-6,9-10,12-13H2;2-3,6H,1,4-5,7-8H2;1H,2-6H2;1H;/q;;-1;;+2/p-1. The predicted molar refractivity (Wildman–Crippen MR) is 187 cm³/mol. The normalized spacial score (nSPS) is 26.9. The van der Waals surface area contributed by atoms with E-state index in [1.54, 1.807) is 0 Å². The summed E-state index contributed by atoms with van der Waals surface area (Å²) < 4.78 is 24.2. The molecule has 4 heterocycles. The minimum atomic E-state index is -0.420. The molecule has 0 aromatic heterocycles. The van der Waals surface area contributed by atoms with Crippen LogP contribution in [-0.4, -0.2) is 49.2 Å². The van der Waals surface area contributed by atoms with Crippen molar-refractivity contribution in [3.63, 3.8) is 0 Å². The van der Waals surface area contributed by atoms with Gasteiger partial charge < -0.3 is 25.4 Å². The molecule has 2 aliphatic carbocycles. The van der Waals surface area contributed by atoms with Gasteiger partial charge in [0.05, 0.1) is 37.2 Å². The van der Waals surface area contributed by atoms with Crippen LogP contribution in [0.1, 0.15) is 135 Å². The Bertz CT molecular complexity index is 1320. The Morgan fingerprint density at radius 3 is 1.70 bits per heavy atom. The second-order valence-electron chi connectivity index (χ2n) is 13.7. The molecule has 2 unspecified atom stereocenters. The van der Waals surface area contributed by atoms with E-state index < -0.39 is 11.2 Å². The summed E-state index contributed by atoms with van der Waals surface area (Å²) in [7, 11) is 0.